The minimum atomic E-state index is -3.31. The maximum absolute atomic E-state index is 11.9. The maximum Gasteiger partial charge on any atom is 0.218 e. The zero-order valence-electron chi connectivity index (χ0n) is 15.6. The van der Waals surface area contributed by atoms with Crippen molar-refractivity contribution in [2.24, 2.45) is 0 Å². The molecule has 0 spiro atoms. The van der Waals surface area contributed by atoms with Crippen LogP contribution >= 0.6 is 0 Å². The minimum Gasteiger partial charge on any atom is -0.474 e. The molecule has 1 aliphatic carbocycles. The highest BCUT2D eigenvalue weighted by Crippen LogP contribution is 2.27. The Balaban J connectivity index is 1.59. The minimum absolute atomic E-state index is 0.228. The second kappa shape index (κ2) is 7.71. The summed E-state index contributed by atoms with van der Waals surface area (Å²) in [5.41, 5.74) is 1.61. The van der Waals surface area contributed by atoms with Crippen LogP contribution in [0.4, 0.5) is 5.82 Å². The summed E-state index contributed by atoms with van der Waals surface area (Å²) in [7, 11) is -3.31. The number of benzene rings is 1. The van der Waals surface area contributed by atoms with E-state index < -0.39 is 9.84 Å². The Morgan fingerprint density at radius 2 is 1.96 bits per heavy atom. The zero-order chi connectivity index (χ0) is 19.6. The van der Waals surface area contributed by atoms with E-state index in [9.17, 15) is 8.42 Å². The van der Waals surface area contributed by atoms with E-state index in [1.807, 2.05) is 12.1 Å². The molecule has 0 unspecified atom stereocenters. The van der Waals surface area contributed by atoms with Gasteiger partial charge >= 0.3 is 0 Å². The van der Waals surface area contributed by atoms with E-state index in [0.717, 1.165) is 18.4 Å². The number of anilines is 1. The molecule has 28 heavy (non-hydrogen) atoms. The lowest BCUT2D eigenvalue weighted by Crippen LogP contribution is -2.14. The van der Waals surface area contributed by atoms with Crippen LogP contribution in [0.25, 0.3) is 10.9 Å². The molecular formula is C20H22N4O3S. The van der Waals surface area contributed by atoms with Gasteiger partial charge in [-0.15, -0.1) is 0 Å². The highest BCUT2D eigenvalue weighted by molar-refractivity contribution is 7.90. The molecule has 0 amide bonds. The summed E-state index contributed by atoms with van der Waals surface area (Å²) in [6.45, 7) is 0.463. The SMILES string of the molecule is CS(=O)(=O)c1ccc2ncnc(NCc3cccnc3OC3CCCC3)c2c1. The standard InChI is InChI=1S/C20H22N4O3S/c1-28(25,26)16-8-9-18-17(11-16)19(24-13-23-18)22-12-14-5-4-10-21-20(14)27-15-6-2-3-7-15/h4-5,8-11,13,15H,2-3,6-7,12H2,1H3,(H,22,23,24). The first-order chi connectivity index (χ1) is 13.5. The van der Waals surface area contributed by atoms with Gasteiger partial charge in [0, 0.05) is 29.9 Å². The van der Waals surface area contributed by atoms with Crippen molar-refractivity contribution in [3.8, 4) is 5.88 Å². The monoisotopic (exact) mass is 398 g/mol. The lowest BCUT2D eigenvalue weighted by Gasteiger charge is -2.16. The number of hydrogen-bond donors (Lipinski definition) is 1. The van der Waals surface area contributed by atoms with Crippen LogP contribution in [0, 0.1) is 0 Å². The topological polar surface area (TPSA) is 94.1 Å². The summed E-state index contributed by atoms with van der Waals surface area (Å²) in [4.78, 5) is 13.2. The third kappa shape index (κ3) is 4.06. The van der Waals surface area contributed by atoms with E-state index in [1.54, 1.807) is 24.4 Å². The first-order valence-electron chi connectivity index (χ1n) is 9.30. The summed E-state index contributed by atoms with van der Waals surface area (Å²) in [5, 5.41) is 3.94. The largest absolute Gasteiger partial charge is 0.474 e. The molecule has 1 fully saturated rings. The van der Waals surface area contributed by atoms with Gasteiger partial charge in [-0.05, 0) is 49.9 Å². The molecule has 0 bridgehead atoms. The Hall–Kier alpha value is -2.74. The van der Waals surface area contributed by atoms with Crippen LogP contribution in [0.15, 0.2) is 47.8 Å². The number of sulfone groups is 1. The molecule has 146 valence electrons. The lowest BCUT2D eigenvalue weighted by atomic mass is 10.2. The molecule has 0 aliphatic heterocycles. The normalized spacial score (nSPS) is 15.0. The number of hydrogen-bond acceptors (Lipinski definition) is 7. The van der Waals surface area contributed by atoms with Gasteiger partial charge in [0.05, 0.1) is 10.4 Å². The average molecular weight is 398 g/mol. The van der Waals surface area contributed by atoms with Gasteiger partial charge in [0.15, 0.2) is 9.84 Å². The summed E-state index contributed by atoms with van der Waals surface area (Å²) in [6.07, 6.45) is 9.12. The zero-order valence-corrected chi connectivity index (χ0v) is 16.4. The molecule has 0 radical (unpaired) electrons. The summed E-state index contributed by atoms with van der Waals surface area (Å²) in [5.74, 6) is 1.21. The van der Waals surface area contributed by atoms with Crippen molar-refractivity contribution in [3.05, 3.63) is 48.4 Å². The maximum atomic E-state index is 11.9. The number of aromatic nitrogens is 3. The van der Waals surface area contributed by atoms with Gasteiger partial charge in [0.1, 0.15) is 18.2 Å². The number of ether oxygens (including phenoxy) is 1. The van der Waals surface area contributed by atoms with Crippen LogP contribution in [-0.4, -0.2) is 35.7 Å². The van der Waals surface area contributed by atoms with Crippen molar-refractivity contribution < 1.29 is 13.2 Å². The molecule has 1 N–H and O–H groups in total. The van der Waals surface area contributed by atoms with Gasteiger partial charge in [-0.2, -0.15) is 0 Å². The predicted molar refractivity (Wildman–Crippen MR) is 107 cm³/mol. The molecule has 1 saturated carbocycles. The van der Waals surface area contributed by atoms with Crippen molar-refractivity contribution in [2.45, 2.75) is 43.2 Å². The second-order valence-electron chi connectivity index (χ2n) is 7.02. The highest BCUT2D eigenvalue weighted by atomic mass is 32.2. The third-order valence-electron chi connectivity index (χ3n) is 4.91. The third-order valence-corrected chi connectivity index (χ3v) is 6.02. The predicted octanol–water partition coefficient (Wildman–Crippen LogP) is 3.36. The molecule has 1 aromatic carbocycles. The van der Waals surface area contributed by atoms with Crippen molar-refractivity contribution >= 4 is 26.6 Å². The summed E-state index contributed by atoms with van der Waals surface area (Å²) < 4.78 is 29.9. The van der Waals surface area contributed by atoms with Gasteiger partial charge in [0.2, 0.25) is 5.88 Å². The molecular weight excluding hydrogens is 376 g/mol. The quantitative estimate of drug-likeness (QED) is 0.680. The van der Waals surface area contributed by atoms with Crippen molar-refractivity contribution in [2.75, 3.05) is 11.6 Å². The first-order valence-corrected chi connectivity index (χ1v) is 11.2. The first kappa shape index (κ1) is 18.6. The molecule has 3 aromatic rings. The Bertz CT molecular complexity index is 1100. The molecule has 0 atom stereocenters. The molecule has 0 saturated heterocycles. The second-order valence-corrected chi connectivity index (χ2v) is 9.03. The fourth-order valence-corrected chi connectivity index (χ4v) is 4.06. The van der Waals surface area contributed by atoms with Crippen molar-refractivity contribution in [1.82, 2.24) is 15.0 Å². The highest BCUT2D eigenvalue weighted by Gasteiger charge is 2.19. The summed E-state index contributed by atoms with van der Waals surface area (Å²) >= 11 is 0. The molecule has 4 rings (SSSR count). The van der Waals surface area contributed by atoms with Gasteiger partial charge in [-0.25, -0.2) is 23.4 Å². The van der Waals surface area contributed by atoms with Gasteiger partial charge in [-0.1, -0.05) is 6.07 Å². The van der Waals surface area contributed by atoms with E-state index in [-0.39, 0.29) is 11.0 Å². The Morgan fingerprint density at radius 3 is 2.75 bits per heavy atom. The molecule has 7 nitrogen and oxygen atoms in total. The van der Waals surface area contributed by atoms with Crippen LogP contribution in [0.2, 0.25) is 0 Å². The van der Waals surface area contributed by atoms with Crippen LogP contribution in [0.5, 0.6) is 5.88 Å². The van der Waals surface area contributed by atoms with E-state index in [1.165, 1.54) is 25.4 Å². The fourth-order valence-electron chi connectivity index (χ4n) is 3.42. The lowest BCUT2D eigenvalue weighted by molar-refractivity contribution is 0.199. The van der Waals surface area contributed by atoms with Gasteiger partial charge < -0.3 is 10.1 Å². The van der Waals surface area contributed by atoms with E-state index in [0.29, 0.717) is 29.1 Å². The van der Waals surface area contributed by atoms with Crippen LogP contribution in [0.1, 0.15) is 31.2 Å². The number of pyridine rings is 1. The molecule has 1 aliphatic rings. The van der Waals surface area contributed by atoms with Crippen molar-refractivity contribution in [1.29, 1.82) is 0 Å². The van der Waals surface area contributed by atoms with E-state index >= 15 is 0 Å². The molecule has 2 aromatic heterocycles. The van der Waals surface area contributed by atoms with E-state index in [4.69, 9.17) is 4.74 Å². The average Bonchev–Trinajstić information content (AvgIpc) is 3.19. The molecule has 2 heterocycles. The Morgan fingerprint density at radius 1 is 1.14 bits per heavy atom. The molecule has 8 heteroatoms. The summed E-state index contributed by atoms with van der Waals surface area (Å²) in [6, 6.07) is 8.69. The fraction of sp³-hybridized carbons (Fsp3) is 0.350. The van der Waals surface area contributed by atoms with Crippen LogP contribution < -0.4 is 10.1 Å². The number of fused-ring (bicyclic) bond motifs is 1. The van der Waals surface area contributed by atoms with Gasteiger partial charge in [-0.3, -0.25) is 0 Å². The van der Waals surface area contributed by atoms with E-state index in [2.05, 4.69) is 20.3 Å². The van der Waals surface area contributed by atoms with Crippen molar-refractivity contribution in [3.63, 3.8) is 0 Å². The Kier molecular flexibility index (Phi) is 5.13. The smallest absolute Gasteiger partial charge is 0.218 e. The number of nitrogens with one attached hydrogen (secondary N) is 1. The van der Waals surface area contributed by atoms with Crippen LogP contribution in [-0.2, 0) is 16.4 Å². The number of rotatable bonds is 6. The van der Waals surface area contributed by atoms with Gasteiger partial charge in [0.25, 0.3) is 0 Å². The Labute approximate surface area is 164 Å². The number of nitrogens with zero attached hydrogens (tertiary/aromatic N) is 3. The van der Waals surface area contributed by atoms with Crippen LogP contribution in [0.3, 0.4) is 0 Å².